The van der Waals surface area contributed by atoms with Crippen LogP contribution in [0.3, 0.4) is 0 Å². The molecule has 1 aromatic rings. The van der Waals surface area contributed by atoms with E-state index in [-0.39, 0.29) is 0 Å². The Morgan fingerprint density at radius 3 is 2.92 bits per heavy atom. The molecule has 68 valence electrons. The molecular weight excluding hydrogens is 154 g/mol. The zero-order valence-electron chi connectivity index (χ0n) is 7.78. The molecule has 5 nitrogen and oxygen atoms in total. The van der Waals surface area contributed by atoms with Crippen LogP contribution in [0, 0.1) is 0 Å². The zero-order valence-corrected chi connectivity index (χ0v) is 7.78. The molecule has 1 N–H and O–H groups in total. The molecule has 0 spiro atoms. The van der Waals surface area contributed by atoms with Crippen LogP contribution in [0.2, 0.25) is 0 Å². The molecule has 0 saturated heterocycles. The van der Waals surface area contributed by atoms with Crippen molar-refractivity contribution in [2.75, 3.05) is 19.5 Å². The number of aromatic nitrogens is 3. The minimum atomic E-state index is 0.899. The van der Waals surface area contributed by atoms with Gasteiger partial charge < -0.3 is 5.43 Å². The van der Waals surface area contributed by atoms with Gasteiger partial charge in [0.25, 0.3) is 0 Å². The van der Waals surface area contributed by atoms with Gasteiger partial charge in [-0.1, -0.05) is 12.1 Å². The van der Waals surface area contributed by atoms with E-state index in [1.807, 2.05) is 23.8 Å². The summed E-state index contributed by atoms with van der Waals surface area (Å²) in [4.78, 5) is 0. The number of nitrogens with zero attached hydrogens (tertiary/aromatic N) is 4. The maximum atomic E-state index is 3.94. The number of aryl methyl sites for hydroxylation is 1. The minimum Gasteiger partial charge on any atom is -0.302 e. The quantitative estimate of drug-likeness (QED) is 0.670. The van der Waals surface area contributed by atoms with Gasteiger partial charge in [-0.2, -0.15) is 0 Å². The lowest BCUT2D eigenvalue weighted by Crippen LogP contribution is -2.22. The Labute approximate surface area is 72.3 Å². The maximum absolute atomic E-state index is 3.94. The van der Waals surface area contributed by atoms with Crippen molar-refractivity contribution >= 4 is 5.82 Å². The smallest absolute Gasteiger partial charge is 0.159 e. The highest BCUT2D eigenvalue weighted by molar-refractivity contribution is 5.28. The van der Waals surface area contributed by atoms with E-state index in [0.29, 0.717) is 0 Å². The summed E-state index contributed by atoms with van der Waals surface area (Å²) in [5, 5.41) is 9.62. The molecule has 5 heteroatoms. The van der Waals surface area contributed by atoms with E-state index in [2.05, 4.69) is 22.7 Å². The molecule has 0 aromatic carbocycles. The second-order valence-corrected chi connectivity index (χ2v) is 2.85. The first-order valence-corrected chi connectivity index (χ1v) is 4.06. The largest absolute Gasteiger partial charge is 0.302 e. The summed E-state index contributed by atoms with van der Waals surface area (Å²) in [6.07, 6.45) is 2.78. The van der Waals surface area contributed by atoms with Gasteiger partial charge in [-0.15, -0.1) is 5.10 Å². The predicted molar refractivity (Wildman–Crippen MR) is 47.6 cm³/mol. The highest BCUT2D eigenvalue weighted by atomic mass is 15.6. The van der Waals surface area contributed by atoms with E-state index in [9.17, 15) is 0 Å². The monoisotopic (exact) mass is 169 g/mol. The summed E-state index contributed by atoms with van der Waals surface area (Å²) >= 11 is 0. The van der Waals surface area contributed by atoms with Crippen molar-refractivity contribution in [1.29, 1.82) is 0 Å². The van der Waals surface area contributed by atoms with E-state index in [1.165, 1.54) is 0 Å². The van der Waals surface area contributed by atoms with Crippen molar-refractivity contribution in [2.45, 2.75) is 19.9 Å². The molecule has 0 aliphatic rings. The van der Waals surface area contributed by atoms with Gasteiger partial charge in [0.15, 0.2) is 5.82 Å². The minimum absolute atomic E-state index is 0.899. The average Bonchev–Trinajstić information content (AvgIpc) is 2.37. The molecule has 0 bridgehead atoms. The number of hydrazine groups is 1. The van der Waals surface area contributed by atoms with Crippen LogP contribution in [0.5, 0.6) is 0 Å². The van der Waals surface area contributed by atoms with Gasteiger partial charge in [-0.05, 0) is 6.42 Å². The van der Waals surface area contributed by atoms with Crippen LogP contribution in [-0.2, 0) is 6.54 Å². The average molecular weight is 169 g/mol. The molecule has 0 amide bonds. The Kier molecular flexibility index (Phi) is 3.04. The van der Waals surface area contributed by atoms with Gasteiger partial charge in [0.2, 0.25) is 0 Å². The molecule has 0 saturated carbocycles. The van der Waals surface area contributed by atoms with Gasteiger partial charge in [0.1, 0.15) is 0 Å². The first-order valence-electron chi connectivity index (χ1n) is 4.06. The SMILES string of the molecule is CCCn1nncc1NN(C)C. The Bertz CT molecular complexity index is 229. The summed E-state index contributed by atoms with van der Waals surface area (Å²) < 4.78 is 1.85. The fraction of sp³-hybridized carbons (Fsp3) is 0.714. The molecule has 1 rings (SSSR count). The van der Waals surface area contributed by atoms with Crippen LogP contribution in [0.25, 0.3) is 0 Å². The Morgan fingerprint density at radius 1 is 1.58 bits per heavy atom. The topological polar surface area (TPSA) is 46.0 Å². The fourth-order valence-corrected chi connectivity index (χ4v) is 0.950. The molecular formula is C7H15N5. The van der Waals surface area contributed by atoms with Crippen LogP contribution < -0.4 is 5.43 Å². The zero-order chi connectivity index (χ0) is 8.97. The Balaban J connectivity index is 2.63. The number of hydrogen-bond acceptors (Lipinski definition) is 4. The molecule has 0 fully saturated rings. The van der Waals surface area contributed by atoms with E-state index in [0.717, 1.165) is 18.8 Å². The van der Waals surface area contributed by atoms with E-state index in [1.54, 1.807) is 6.20 Å². The third kappa shape index (κ3) is 2.20. The highest BCUT2D eigenvalue weighted by Crippen LogP contribution is 2.04. The molecule has 0 radical (unpaired) electrons. The number of nitrogens with one attached hydrogen (secondary N) is 1. The second kappa shape index (κ2) is 4.06. The fourth-order valence-electron chi connectivity index (χ4n) is 0.950. The summed E-state index contributed by atoms with van der Waals surface area (Å²) in [7, 11) is 3.87. The van der Waals surface area contributed by atoms with E-state index < -0.39 is 0 Å². The van der Waals surface area contributed by atoms with Crippen molar-refractivity contribution in [3.8, 4) is 0 Å². The lowest BCUT2D eigenvalue weighted by molar-refractivity contribution is 0.477. The van der Waals surface area contributed by atoms with Crippen molar-refractivity contribution in [3.05, 3.63) is 6.20 Å². The first kappa shape index (κ1) is 8.99. The van der Waals surface area contributed by atoms with Crippen molar-refractivity contribution in [3.63, 3.8) is 0 Å². The first-order chi connectivity index (χ1) is 5.74. The summed E-state index contributed by atoms with van der Waals surface area (Å²) in [5.74, 6) is 0.932. The van der Waals surface area contributed by atoms with Gasteiger partial charge in [0, 0.05) is 20.6 Å². The highest BCUT2D eigenvalue weighted by Gasteiger charge is 2.01. The van der Waals surface area contributed by atoms with Gasteiger partial charge in [0.05, 0.1) is 6.20 Å². The van der Waals surface area contributed by atoms with Crippen molar-refractivity contribution in [2.24, 2.45) is 0 Å². The van der Waals surface area contributed by atoms with Crippen LogP contribution in [0.15, 0.2) is 6.20 Å². The van der Waals surface area contributed by atoms with Crippen molar-refractivity contribution in [1.82, 2.24) is 20.0 Å². The van der Waals surface area contributed by atoms with Crippen LogP contribution >= 0.6 is 0 Å². The molecule has 12 heavy (non-hydrogen) atoms. The Morgan fingerprint density at radius 2 is 2.33 bits per heavy atom. The standard InChI is InChI=1S/C7H15N5/c1-4-5-12-7(6-8-10-12)9-11(2)3/h6,9H,4-5H2,1-3H3. The van der Waals surface area contributed by atoms with Crippen LogP contribution in [0.4, 0.5) is 5.82 Å². The van der Waals surface area contributed by atoms with E-state index in [4.69, 9.17) is 0 Å². The van der Waals surface area contributed by atoms with Crippen LogP contribution in [-0.4, -0.2) is 34.1 Å². The normalized spacial score (nSPS) is 10.7. The number of anilines is 1. The number of rotatable bonds is 4. The Hall–Kier alpha value is -1.10. The summed E-state index contributed by atoms with van der Waals surface area (Å²) in [6, 6.07) is 0. The molecule has 0 atom stereocenters. The third-order valence-corrected chi connectivity index (χ3v) is 1.39. The summed E-state index contributed by atoms with van der Waals surface area (Å²) in [6.45, 7) is 3.01. The third-order valence-electron chi connectivity index (χ3n) is 1.39. The number of hydrogen-bond donors (Lipinski definition) is 1. The van der Waals surface area contributed by atoms with E-state index >= 15 is 0 Å². The maximum Gasteiger partial charge on any atom is 0.159 e. The van der Waals surface area contributed by atoms with Gasteiger partial charge >= 0.3 is 0 Å². The molecule has 1 heterocycles. The van der Waals surface area contributed by atoms with Gasteiger partial charge in [-0.25, -0.2) is 9.69 Å². The molecule has 1 aromatic heterocycles. The lowest BCUT2D eigenvalue weighted by Gasteiger charge is -2.13. The van der Waals surface area contributed by atoms with Crippen LogP contribution in [0.1, 0.15) is 13.3 Å². The van der Waals surface area contributed by atoms with Crippen molar-refractivity contribution < 1.29 is 0 Å². The molecule has 0 unspecified atom stereocenters. The molecule has 0 aliphatic heterocycles. The summed E-state index contributed by atoms with van der Waals surface area (Å²) in [5.41, 5.74) is 3.11. The second-order valence-electron chi connectivity index (χ2n) is 2.85. The lowest BCUT2D eigenvalue weighted by atomic mass is 10.5. The van der Waals surface area contributed by atoms with Gasteiger partial charge in [-0.3, -0.25) is 0 Å². The predicted octanol–water partition coefficient (Wildman–Crippen LogP) is 0.577. The molecule has 0 aliphatic carbocycles.